The summed E-state index contributed by atoms with van der Waals surface area (Å²) in [6.07, 6.45) is -1.29. The SMILES string of the molecule is CC[NH+](CC)CCO.Cl.O=C([O-])Nc1ccccc1. The smallest absolute Gasteiger partial charge is 0.138 e. The fourth-order valence-electron chi connectivity index (χ4n) is 1.40. The van der Waals surface area contributed by atoms with Gasteiger partial charge >= 0.3 is 0 Å². The van der Waals surface area contributed by atoms with Crippen molar-refractivity contribution in [1.82, 2.24) is 0 Å². The number of carbonyl (C=O) groups excluding carboxylic acids is 1. The minimum atomic E-state index is -1.29. The average molecular weight is 291 g/mol. The largest absolute Gasteiger partial charge is 0.530 e. The Labute approximate surface area is 120 Å². The van der Waals surface area contributed by atoms with Crippen LogP contribution in [0.15, 0.2) is 30.3 Å². The predicted octanol–water partition coefficient (Wildman–Crippen LogP) is -0.233. The number of anilines is 1. The third-order valence-electron chi connectivity index (χ3n) is 2.49. The molecule has 0 aliphatic heterocycles. The van der Waals surface area contributed by atoms with Gasteiger partial charge in [0.1, 0.15) is 12.6 Å². The van der Waals surface area contributed by atoms with Gasteiger partial charge < -0.3 is 25.2 Å². The number of rotatable bonds is 5. The first-order valence-corrected chi connectivity index (χ1v) is 6.11. The summed E-state index contributed by atoms with van der Waals surface area (Å²) >= 11 is 0. The van der Waals surface area contributed by atoms with Crippen LogP contribution in [-0.4, -0.2) is 37.4 Å². The molecule has 0 aliphatic rings. The van der Waals surface area contributed by atoms with Crippen molar-refractivity contribution in [1.29, 1.82) is 0 Å². The number of halogens is 1. The molecule has 0 saturated heterocycles. The zero-order chi connectivity index (χ0) is 13.8. The highest BCUT2D eigenvalue weighted by atomic mass is 35.5. The van der Waals surface area contributed by atoms with Gasteiger partial charge in [-0.1, -0.05) is 18.2 Å². The van der Waals surface area contributed by atoms with Gasteiger partial charge in [0.05, 0.1) is 19.7 Å². The highest BCUT2D eigenvalue weighted by molar-refractivity contribution is 5.85. The first-order chi connectivity index (χ1) is 8.63. The van der Waals surface area contributed by atoms with E-state index in [0.29, 0.717) is 12.3 Å². The molecule has 0 bridgehead atoms. The second-order valence-corrected chi connectivity index (χ2v) is 3.71. The number of benzene rings is 1. The van der Waals surface area contributed by atoms with Crippen LogP contribution in [0, 0.1) is 0 Å². The minimum absolute atomic E-state index is 0. The number of para-hydroxylation sites is 1. The molecular weight excluding hydrogens is 268 g/mol. The van der Waals surface area contributed by atoms with Crippen LogP contribution in [0.4, 0.5) is 10.5 Å². The third-order valence-corrected chi connectivity index (χ3v) is 2.49. The van der Waals surface area contributed by atoms with Crippen molar-refractivity contribution < 1.29 is 19.9 Å². The molecule has 0 aromatic heterocycles. The van der Waals surface area contributed by atoms with Crippen molar-refractivity contribution >= 4 is 24.2 Å². The molecule has 0 spiro atoms. The molecule has 0 saturated carbocycles. The Morgan fingerprint density at radius 1 is 1.26 bits per heavy atom. The summed E-state index contributed by atoms with van der Waals surface area (Å²) in [6, 6.07) is 8.59. The van der Waals surface area contributed by atoms with E-state index < -0.39 is 6.09 Å². The second-order valence-electron chi connectivity index (χ2n) is 3.71. The summed E-state index contributed by atoms with van der Waals surface area (Å²) in [5, 5.41) is 20.5. The Kier molecular flexibility index (Phi) is 13.8. The fraction of sp³-hybridized carbons (Fsp3) is 0.462. The summed E-state index contributed by atoms with van der Waals surface area (Å²) in [5.74, 6) is 0. The van der Waals surface area contributed by atoms with Gasteiger partial charge in [-0.25, -0.2) is 0 Å². The maximum atomic E-state index is 9.95. The Bertz CT molecular complexity index is 319. The highest BCUT2D eigenvalue weighted by Gasteiger charge is 1.97. The molecule has 0 aliphatic carbocycles. The number of carboxylic acid groups (broad SMARTS) is 1. The molecule has 0 radical (unpaired) electrons. The van der Waals surface area contributed by atoms with Gasteiger partial charge in [0.15, 0.2) is 0 Å². The quantitative estimate of drug-likeness (QED) is 0.701. The molecule has 1 aromatic carbocycles. The van der Waals surface area contributed by atoms with Crippen molar-refractivity contribution in [3.63, 3.8) is 0 Å². The van der Waals surface area contributed by atoms with Crippen LogP contribution >= 0.6 is 12.4 Å². The minimum Gasteiger partial charge on any atom is -0.530 e. The summed E-state index contributed by atoms with van der Waals surface area (Å²) in [5.41, 5.74) is 0.530. The number of aliphatic hydroxyl groups is 1. The molecule has 0 fully saturated rings. The van der Waals surface area contributed by atoms with Crippen molar-refractivity contribution in [3.8, 4) is 0 Å². The number of hydrogen-bond acceptors (Lipinski definition) is 3. The Balaban J connectivity index is 0. The van der Waals surface area contributed by atoms with Gasteiger partial charge in [0.2, 0.25) is 0 Å². The summed E-state index contributed by atoms with van der Waals surface area (Å²) in [6.45, 7) is 7.72. The molecule has 1 rings (SSSR count). The normalized spacial score (nSPS) is 9.05. The first kappa shape index (κ1) is 20.0. The number of quaternary nitrogens is 1. The monoisotopic (exact) mass is 290 g/mol. The van der Waals surface area contributed by atoms with Crippen molar-refractivity contribution in [2.45, 2.75) is 13.8 Å². The zero-order valence-corrected chi connectivity index (χ0v) is 12.2. The Hall–Kier alpha value is -1.30. The van der Waals surface area contributed by atoms with Crippen LogP contribution in [0.5, 0.6) is 0 Å². The summed E-state index contributed by atoms with van der Waals surface area (Å²) < 4.78 is 0. The molecule has 19 heavy (non-hydrogen) atoms. The molecule has 0 unspecified atom stereocenters. The molecule has 0 atom stereocenters. The standard InChI is InChI=1S/C7H7NO2.C6H15NO.ClH/c9-7(10)8-6-4-2-1-3-5-6;1-3-7(4-2)5-6-8;/h1-5,8H,(H,9,10);8H,3-6H2,1-2H3;1H. The van der Waals surface area contributed by atoms with Crippen LogP contribution in [0.3, 0.4) is 0 Å². The summed E-state index contributed by atoms with van der Waals surface area (Å²) in [7, 11) is 0. The molecule has 3 N–H and O–H groups in total. The van der Waals surface area contributed by atoms with Crippen molar-refractivity contribution in [3.05, 3.63) is 30.3 Å². The van der Waals surface area contributed by atoms with E-state index >= 15 is 0 Å². The number of nitrogens with one attached hydrogen (secondary N) is 2. The van der Waals surface area contributed by atoms with E-state index in [1.807, 2.05) is 0 Å². The lowest BCUT2D eigenvalue weighted by Crippen LogP contribution is -3.11. The van der Waals surface area contributed by atoms with E-state index in [1.54, 1.807) is 30.3 Å². The molecule has 1 amide bonds. The van der Waals surface area contributed by atoms with Crippen LogP contribution in [-0.2, 0) is 0 Å². The van der Waals surface area contributed by atoms with E-state index in [9.17, 15) is 9.90 Å². The lowest BCUT2D eigenvalue weighted by Gasteiger charge is -2.12. The topological polar surface area (TPSA) is 76.8 Å². The van der Waals surface area contributed by atoms with Gasteiger partial charge in [-0.15, -0.1) is 12.4 Å². The Morgan fingerprint density at radius 2 is 1.79 bits per heavy atom. The Morgan fingerprint density at radius 3 is 2.11 bits per heavy atom. The van der Waals surface area contributed by atoms with E-state index in [1.165, 1.54) is 4.90 Å². The maximum Gasteiger partial charge on any atom is 0.138 e. The lowest BCUT2D eigenvalue weighted by molar-refractivity contribution is -0.896. The maximum absolute atomic E-state index is 9.95. The lowest BCUT2D eigenvalue weighted by atomic mass is 10.3. The van der Waals surface area contributed by atoms with Gasteiger partial charge in [-0.3, -0.25) is 0 Å². The van der Waals surface area contributed by atoms with E-state index in [-0.39, 0.29) is 12.4 Å². The van der Waals surface area contributed by atoms with Gasteiger partial charge in [-0.2, -0.15) is 0 Å². The first-order valence-electron chi connectivity index (χ1n) is 6.11. The van der Waals surface area contributed by atoms with Gasteiger partial charge in [-0.05, 0) is 26.0 Å². The molecule has 6 heteroatoms. The number of likely N-dealkylation sites (N-methyl/N-ethyl adjacent to an activating group) is 1. The van der Waals surface area contributed by atoms with Crippen LogP contribution in [0.2, 0.25) is 0 Å². The van der Waals surface area contributed by atoms with Gasteiger partial charge in [0, 0.05) is 5.69 Å². The zero-order valence-electron chi connectivity index (χ0n) is 11.4. The number of hydrogen-bond donors (Lipinski definition) is 3. The average Bonchev–Trinajstić information content (AvgIpc) is 2.37. The van der Waals surface area contributed by atoms with E-state index in [4.69, 9.17) is 5.11 Å². The molecule has 5 nitrogen and oxygen atoms in total. The van der Waals surface area contributed by atoms with Crippen LogP contribution in [0.25, 0.3) is 0 Å². The van der Waals surface area contributed by atoms with Crippen LogP contribution < -0.4 is 15.3 Å². The molecule has 0 heterocycles. The second kappa shape index (κ2) is 13.1. The van der Waals surface area contributed by atoms with Crippen molar-refractivity contribution in [2.75, 3.05) is 31.6 Å². The number of carbonyl (C=O) groups is 1. The highest BCUT2D eigenvalue weighted by Crippen LogP contribution is 2.02. The molecular formula is C13H23ClN2O3. The fourth-order valence-corrected chi connectivity index (χ4v) is 1.40. The summed E-state index contributed by atoms with van der Waals surface area (Å²) in [4.78, 5) is 11.4. The van der Waals surface area contributed by atoms with Crippen LogP contribution in [0.1, 0.15) is 13.8 Å². The van der Waals surface area contributed by atoms with Crippen molar-refractivity contribution in [2.24, 2.45) is 0 Å². The number of aliphatic hydroxyl groups excluding tert-OH is 1. The van der Waals surface area contributed by atoms with Gasteiger partial charge in [0.25, 0.3) is 0 Å². The molecule has 1 aromatic rings. The van der Waals surface area contributed by atoms with E-state index in [2.05, 4.69) is 19.2 Å². The number of amides is 1. The molecule has 110 valence electrons. The predicted molar refractivity (Wildman–Crippen MR) is 76.7 cm³/mol. The third kappa shape index (κ3) is 11.5. The van der Waals surface area contributed by atoms with E-state index in [0.717, 1.165) is 19.6 Å².